The Bertz CT molecular complexity index is 3480. The number of hydrogen-bond donors (Lipinski definition) is 0. The predicted molar refractivity (Wildman–Crippen MR) is 234 cm³/mol. The summed E-state index contributed by atoms with van der Waals surface area (Å²) in [4.78, 5) is 0. The Morgan fingerprint density at radius 2 is 0.982 bits per heavy atom. The van der Waals surface area contributed by atoms with Crippen molar-refractivity contribution in [3.63, 3.8) is 0 Å². The van der Waals surface area contributed by atoms with Crippen molar-refractivity contribution >= 4 is 75.1 Å². The molecule has 0 spiro atoms. The first kappa shape index (κ1) is 31.1. The molecular formula is C50H31N5S. The molecule has 0 saturated carbocycles. The Morgan fingerprint density at radius 1 is 0.411 bits per heavy atom. The van der Waals surface area contributed by atoms with Crippen LogP contribution >= 0.6 is 11.3 Å². The highest BCUT2D eigenvalue weighted by atomic mass is 32.1. The van der Waals surface area contributed by atoms with Crippen molar-refractivity contribution in [1.82, 2.24) is 24.1 Å². The van der Waals surface area contributed by atoms with Crippen molar-refractivity contribution in [2.45, 2.75) is 0 Å². The lowest BCUT2D eigenvalue weighted by molar-refractivity contribution is 0.809. The molecule has 0 aliphatic heterocycles. The molecule has 6 heteroatoms. The SMILES string of the molecule is c1ccc(-c2nnn(-c3ccc4c5ccccc5n(-c5ccccc5-n5c6ccccc6c6c7sc8ccccc8c7ccc65)c4c3)c2-c2ccccc2)cc1. The highest BCUT2D eigenvalue weighted by Gasteiger charge is 2.23. The molecule has 8 aromatic carbocycles. The lowest BCUT2D eigenvalue weighted by atomic mass is 10.0. The lowest BCUT2D eigenvalue weighted by Gasteiger charge is -2.17. The summed E-state index contributed by atoms with van der Waals surface area (Å²) in [6.45, 7) is 0. The van der Waals surface area contributed by atoms with Crippen molar-refractivity contribution in [2.24, 2.45) is 0 Å². The maximum atomic E-state index is 4.82. The second kappa shape index (κ2) is 12.1. The van der Waals surface area contributed by atoms with E-state index < -0.39 is 0 Å². The summed E-state index contributed by atoms with van der Waals surface area (Å²) in [5.74, 6) is 0. The Labute approximate surface area is 325 Å². The summed E-state index contributed by atoms with van der Waals surface area (Å²) in [5, 5.41) is 17.2. The van der Waals surface area contributed by atoms with Gasteiger partial charge in [-0.15, -0.1) is 16.4 Å². The van der Waals surface area contributed by atoms with Crippen LogP contribution in [0.1, 0.15) is 0 Å². The molecule has 0 aliphatic carbocycles. The molecule has 262 valence electrons. The minimum Gasteiger partial charge on any atom is -0.307 e. The molecule has 0 unspecified atom stereocenters. The van der Waals surface area contributed by atoms with Gasteiger partial charge in [-0.25, -0.2) is 4.68 Å². The van der Waals surface area contributed by atoms with Gasteiger partial charge in [0, 0.05) is 52.8 Å². The number of fused-ring (bicyclic) bond motifs is 10. The molecule has 0 N–H and O–H groups in total. The molecule has 0 fully saturated rings. The molecule has 0 bridgehead atoms. The molecule has 4 heterocycles. The van der Waals surface area contributed by atoms with Gasteiger partial charge in [0.1, 0.15) is 11.4 Å². The van der Waals surface area contributed by atoms with E-state index in [0.29, 0.717) is 0 Å². The van der Waals surface area contributed by atoms with Gasteiger partial charge in [0.25, 0.3) is 0 Å². The third-order valence-electron chi connectivity index (χ3n) is 11.2. The minimum absolute atomic E-state index is 0.849. The van der Waals surface area contributed by atoms with Crippen molar-refractivity contribution in [1.29, 1.82) is 0 Å². The molecule has 12 aromatic rings. The Kier molecular flexibility index (Phi) is 6.73. The Hall–Kier alpha value is -7.28. The second-order valence-corrected chi connectivity index (χ2v) is 15.3. The van der Waals surface area contributed by atoms with Crippen molar-refractivity contribution in [3.05, 3.63) is 188 Å². The van der Waals surface area contributed by atoms with E-state index in [2.05, 4.69) is 173 Å². The van der Waals surface area contributed by atoms with Crippen LogP contribution in [0.2, 0.25) is 0 Å². The Balaban J connectivity index is 1.13. The molecule has 0 radical (unpaired) electrons. The summed E-state index contributed by atoms with van der Waals surface area (Å²) in [7, 11) is 0. The van der Waals surface area contributed by atoms with Crippen LogP contribution in [0.15, 0.2) is 188 Å². The van der Waals surface area contributed by atoms with Gasteiger partial charge < -0.3 is 9.13 Å². The predicted octanol–water partition coefficient (Wildman–Crippen LogP) is 13.2. The van der Waals surface area contributed by atoms with E-state index in [1.807, 2.05) is 40.3 Å². The van der Waals surface area contributed by atoms with E-state index >= 15 is 0 Å². The van der Waals surface area contributed by atoms with Crippen LogP contribution in [-0.2, 0) is 0 Å². The molecular weight excluding hydrogens is 703 g/mol. The van der Waals surface area contributed by atoms with Crippen LogP contribution in [0.5, 0.6) is 0 Å². The largest absolute Gasteiger partial charge is 0.307 e. The zero-order chi connectivity index (χ0) is 36.7. The standard InChI is InChI=1S/C50H31N5S/c1-3-15-32(16-4-1)48-49(33-17-5-2-6-18-33)55(52-51-48)34-27-28-36-35-19-7-10-22-40(35)54(45(36)31-34)43-25-13-12-24-42(43)53-41-23-11-8-21-39(41)47-44(53)30-29-38-37-20-9-14-26-46(37)56-50(38)47/h1-31H. The molecule has 12 rings (SSSR count). The first-order chi connectivity index (χ1) is 27.8. The molecule has 56 heavy (non-hydrogen) atoms. The van der Waals surface area contributed by atoms with Gasteiger partial charge in [-0.3, -0.25) is 0 Å². The molecule has 0 saturated heterocycles. The van der Waals surface area contributed by atoms with E-state index in [9.17, 15) is 0 Å². The van der Waals surface area contributed by atoms with Crippen LogP contribution in [0, 0.1) is 0 Å². The smallest absolute Gasteiger partial charge is 0.121 e. The first-order valence-corrected chi connectivity index (χ1v) is 19.7. The number of aromatic nitrogens is 5. The van der Waals surface area contributed by atoms with Gasteiger partial charge in [0.2, 0.25) is 0 Å². The molecule has 0 amide bonds. The molecule has 4 aromatic heterocycles. The van der Waals surface area contributed by atoms with E-state index in [1.54, 1.807) is 0 Å². The Morgan fingerprint density at radius 3 is 1.75 bits per heavy atom. The number of benzene rings is 8. The number of para-hydroxylation sites is 4. The van der Waals surface area contributed by atoms with Crippen molar-refractivity contribution in [2.75, 3.05) is 0 Å². The highest BCUT2D eigenvalue weighted by Crippen LogP contribution is 2.45. The number of thiophene rings is 1. The lowest BCUT2D eigenvalue weighted by Crippen LogP contribution is -2.04. The third-order valence-corrected chi connectivity index (χ3v) is 12.4. The van der Waals surface area contributed by atoms with Gasteiger partial charge in [0.05, 0.1) is 39.1 Å². The fourth-order valence-corrected chi connectivity index (χ4v) is 10.1. The summed E-state index contributed by atoms with van der Waals surface area (Å²) < 4.78 is 9.53. The molecule has 5 nitrogen and oxygen atoms in total. The van der Waals surface area contributed by atoms with E-state index in [-0.39, 0.29) is 0 Å². The van der Waals surface area contributed by atoms with Crippen LogP contribution in [0.3, 0.4) is 0 Å². The van der Waals surface area contributed by atoms with Gasteiger partial charge in [-0.05, 0) is 48.5 Å². The van der Waals surface area contributed by atoms with Crippen LogP contribution in [0.4, 0.5) is 0 Å². The van der Waals surface area contributed by atoms with Gasteiger partial charge in [-0.2, -0.15) is 0 Å². The van der Waals surface area contributed by atoms with E-state index in [4.69, 9.17) is 10.3 Å². The maximum absolute atomic E-state index is 4.82. The highest BCUT2D eigenvalue weighted by molar-refractivity contribution is 7.26. The zero-order valence-electron chi connectivity index (χ0n) is 30.0. The minimum atomic E-state index is 0.849. The number of rotatable bonds is 5. The number of nitrogens with zero attached hydrogens (tertiary/aromatic N) is 5. The van der Waals surface area contributed by atoms with Crippen LogP contribution in [-0.4, -0.2) is 24.1 Å². The average molecular weight is 734 g/mol. The summed E-state index contributed by atoms with van der Waals surface area (Å²) >= 11 is 1.89. The van der Waals surface area contributed by atoms with Gasteiger partial charge >= 0.3 is 0 Å². The van der Waals surface area contributed by atoms with E-state index in [1.165, 1.54) is 52.8 Å². The maximum Gasteiger partial charge on any atom is 0.121 e. The normalized spacial score (nSPS) is 11.9. The fourth-order valence-electron chi connectivity index (χ4n) is 8.80. The molecule has 0 aliphatic rings. The average Bonchev–Trinajstić information content (AvgIpc) is 4.03. The monoisotopic (exact) mass is 733 g/mol. The van der Waals surface area contributed by atoms with E-state index in [0.717, 1.165) is 50.6 Å². The van der Waals surface area contributed by atoms with Crippen LogP contribution < -0.4 is 0 Å². The van der Waals surface area contributed by atoms with Crippen molar-refractivity contribution in [3.8, 4) is 39.6 Å². The third kappa shape index (κ3) is 4.48. The summed E-state index contributed by atoms with van der Waals surface area (Å²) in [6.07, 6.45) is 0. The quantitative estimate of drug-likeness (QED) is 0.177. The zero-order valence-corrected chi connectivity index (χ0v) is 30.9. The van der Waals surface area contributed by atoms with Crippen molar-refractivity contribution < 1.29 is 0 Å². The fraction of sp³-hybridized carbons (Fsp3) is 0. The second-order valence-electron chi connectivity index (χ2n) is 14.3. The number of hydrogen-bond acceptors (Lipinski definition) is 3. The topological polar surface area (TPSA) is 40.6 Å². The van der Waals surface area contributed by atoms with Gasteiger partial charge in [0.15, 0.2) is 0 Å². The molecule has 0 atom stereocenters. The van der Waals surface area contributed by atoms with Gasteiger partial charge in [-0.1, -0.05) is 145 Å². The summed E-state index contributed by atoms with van der Waals surface area (Å²) in [5.41, 5.74) is 11.7. The first-order valence-electron chi connectivity index (χ1n) is 18.9. The summed E-state index contributed by atoms with van der Waals surface area (Å²) in [6, 6.07) is 67.3. The van der Waals surface area contributed by atoms with Crippen LogP contribution in [0.25, 0.3) is 103 Å².